The smallest absolute Gasteiger partial charge is 0.221 e. The van der Waals surface area contributed by atoms with Gasteiger partial charge in [0.25, 0.3) is 0 Å². The number of aliphatic hydroxyl groups excluding tert-OH is 2. The van der Waals surface area contributed by atoms with Gasteiger partial charge < -0.3 is 25.4 Å². The van der Waals surface area contributed by atoms with Crippen molar-refractivity contribution in [3.05, 3.63) is 53.6 Å². The summed E-state index contributed by atoms with van der Waals surface area (Å²) in [6.07, 6.45) is 7.99. The molecular formula is C20H27NO5. The average molecular weight is 361 g/mol. The Bertz CT molecular complexity index is 704. The van der Waals surface area contributed by atoms with E-state index in [1.807, 2.05) is 6.92 Å². The number of phenols is 1. The first-order valence-corrected chi connectivity index (χ1v) is 8.31. The molecule has 6 nitrogen and oxygen atoms in total. The van der Waals surface area contributed by atoms with Crippen molar-refractivity contribution < 1.29 is 24.9 Å². The molecule has 26 heavy (non-hydrogen) atoms. The van der Waals surface area contributed by atoms with Crippen LogP contribution in [-0.2, 0) is 4.79 Å². The first-order valence-electron chi connectivity index (χ1n) is 8.31. The van der Waals surface area contributed by atoms with Crippen LogP contribution in [-0.4, -0.2) is 41.0 Å². The van der Waals surface area contributed by atoms with Crippen LogP contribution in [0.2, 0.25) is 0 Å². The standard InChI is InChI=1S/C20H27NO5/c1-5-6-15(12-22)9-16(8-7-13(2)23)17-10-18(21-14(3)24)20(26-4)11-19(17)25/h5-11,13,16,22-23,25H,12H2,1-4H3,(H,21,24)/b6-5-,8-7+,15-9-/t13-,16+/m1/s1. The predicted octanol–water partition coefficient (Wildman–Crippen LogP) is 2.87. The molecule has 1 aromatic rings. The number of aliphatic hydroxyl groups is 2. The summed E-state index contributed by atoms with van der Waals surface area (Å²) >= 11 is 0. The number of nitrogens with one attached hydrogen (secondary N) is 1. The second-order valence-corrected chi connectivity index (χ2v) is 5.84. The molecule has 0 spiro atoms. The van der Waals surface area contributed by atoms with Crippen molar-refractivity contribution in [3.63, 3.8) is 0 Å². The van der Waals surface area contributed by atoms with E-state index in [9.17, 15) is 20.1 Å². The zero-order valence-corrected chi connectivity index (χ0v) is 15.6. The summed E-state index contributed by atoms with van der Waals surface area (Å²) in [6, 6.07) is 3.04. The number of amides is 1. The van der Waals surface area contributed by atoms with E-state index in [4.69, 9.17) is 4.74 Å². The Kier molecular flexibility index (Phi) is 8.61. The highest BCUT2D eigenvalue weighted by molar-refractivity contribution is 5.90. The molecule has 4 N–H and O–H groups in total. The number of methoxy groups -OCH3 is 1. The molecule has 0 bridgehead atoms. The Labute approximate surface area is 154 Å². The van der Waals surface area contributed by atoms with E-state index in [0.29, 0.717) is 22.6 Å². The fourth-order valence-corrected chi connectivity index (χ4v) is 2.44. The molecule has 0 fully saturated rings. The lowest BCUT2D eigenvalue weighted by Crippen LogP contribution is -2.08. The van der Waals surface area contributed by atoms with E-state index in [1.54, 1.807) is 43.4 Å². The van der Waals surface area contributed by atoms with Crippen molar-refractivity contribution in [2.75, 3.05) is 19.0 Å². The minimum Gasteiger partial charge on any atom is -0.507 e. The molecule has 1 rings (SSSR count). The molecule has 0 radical (unpaired) electrons. The molecule has 2 atom stereocenters. The third-order valence-electron chi connectivity index (χ3n) is 3.57. The lowest BCUT2D eigenvalue weighted by Gasteiger charge is -2.17. The summed E-state index contributed by atoms with van der Waals surface area (Å²) in [7, 11) is 1.44. The summed E-state index contributed by atoms with van der Waals surface area (Å²) in [5.74, 6) is -0.386. The number of allylic oxidation sites excluding steroid dienone is 3. The third kappa shape index (κ3) is 6.38. The van der Waals surface area contributed by atoms with Crippen LogP contribution in [0.15, 0.2) is 48.1 Å². The van der Waals surface area contributed by atoms with Gasteiger partial charge in [0.05, 0.1) is 25.5 Å². The molecule has 0 heterocycles. The van der Waals surface area contributed by atoms with Gasteiger partial charge >= 0.3 is 0 Å². The van der Waals surface area contributed by atoms with Crippen LogP contribution < -0.4 is 10.1 Å². The Morgan fingerprint density at radius 3 is 2.54 bits per heavy atom. The lowest BCUT2D eigenvalue weighted by atomic mass is 9.93. The number of phenolic OH excluding ortho intramolecular Hbond substituents is 1. The predicted molar refractivity (Wildman–Crippen MR) is 103 cm³/mol. The van der Waals surface area contributed by atoms with Crippen LogP contribution in [0.5, 0.6) is 11.5 Å². The Morgan fingerprint density at radius 2 is 2.04 bits per heavy atom. The Balaban J connectivity index is 3.50. The number of hydrogen-bond acceptors (Lipinski definition) is 5. The maximum atomic E-state index is 11.4. The molecule has 1 aromatic carbocycles. The Morgan fingerprint density at radius 1 is 1.35 bits per heavy atom. The first-order chi connectivity index (χ1) is 12.3. The summed E-state index contributed by atoms with van der Waals surface area (Å²) in [5, 5.41) is 32.2. The van der Waals surface area contributed by atoms with Crippen molar-refractivity contribution in [1.82, 2.24) is 0 Å². The number of hydrogen-bond donors (Lipinski definition) is 4. The average Bonchev–Trinajstić information content (AvgIpc) is 2.58. The van der Waals surface area contributed by atoms with Crippen LogP contribution in [0.4, 0.5) is 5.69 Å². The van der Waals surface area contributed by atoms with Gasteiger partial charge in [-0.25, -0.2) is 0 Å². The first kappa shape index (κ1) is 21.5. The third-order valence-corrected chi connectivity index (χ3v) is 3.57. The van der Waals surface area contributed by atoms with Gasteiger partial charge in [-0.1, -0.05) is 30.4 Å². The van der Waals surface area contributed by atoms with Crippen LogP contribution in [0.25, 0.3) is 0 Å². The summed E-state index contributed by atoms with van der Waals surface area (Å²) in [5.41, 5.74) is 1.58. The van der Waals surface area contributed by atoms with Crippen LogP contribution in [0.1, 0.15) is 32.3 Å². The van der Waals surface area contributed by atoms with Crippen LogP contribution in [0, 0.1) is 0 Å². The monoisotopic (exact) mass is 361 g/mol. The highest BCUT2D eigenvalue weighted by Crippen LogP contribution is 2.37. The molecule has 0 unspecified atom stereocenters. The van der Waals surface area contributed by atoms with Crippen molar-refractivity contribution in [2.45, 2.75) is 32.8 Å². The van der Waals surface area contributed by atoms with Gasteiger partial charge in [0.2, 0.25) is 5.91 Å². The zero-order chi connectivity index (χ0) is 19.7. The Hall–Kier alpha value is -2.57. The second kappa shape index (κ2) is 10.4. The maximum Gasteiger partial charge on any atom is 0.221 e. The molecule has 0 aromatic heterocycles. The molecular weight excluding hydrogens is 334 g/mol. The molecule has 142 valence electrons. The zero-order valence-electron chi connectivity index (χ0n) is 15.6. The SMILES string of the molecule is C/C=C\C(=C\[C@H](/C=C/[C@@H](C)O)c1cc(NC(C)=O)c(OC)cc1O)CO. The fraction of sp³-hybridized carbons (Fsp3) is 0.350. The quantitative estimate of drug-likeness (QED) is 0.324. The van der Waals surface area contributed by atoms with E-state index in [0.717, 1.165) is 0 Å². The van der Waals surface area contributed by atoms with Crippen LogP contribution >= 0.6 is 0 Å². The van der Waals surface area contributed by atoms with Gasteiger partial charge in [0.15, 0.2) is 0 Å². The van der Waals surface area contributed by atoms with E-state index in [-0.39, 0.29) is 18.3 Å². The largest absolute Gasteiger partial charge is 0.507 e. The van der Waals surface area contributed by atoms with Crippen molar-refractivity contribution in [1.29, 1.82) is 0 Å². The number of carbonyl (C=O) groups excluding carboxylic acids is 1. The van der Waals surface area contributed by atoms with Gasteiger partial charge in [-0.3, -0.25) is 4.79 Å². The van der Waals surface area contributed by atoms with Gasteiger partial charge in [-0.15, -0.1) is 0 Å². The molecule has 0 saturated heterocycles. The number of rotatable bonds is 8. The fourth-order valence-electron chi connectivity index (χ4n) is 2.44. The maximum absolute atomic E-state index is 11.4. The van der Waals surface area contributed by atoms with Gasteiger partial charge in [0.1, 0.15) is 11.5 Å². The molecule has 1 amide bonds. The summed E-state index contributed by atoms with van der Waals surface area (Å²) < 4.78 is 5.20. The molecule has 0 aliphatic rings. The van der Waals surface area contributed by atoms with Crippen molar-refractivity contribution in [2.24, 2.45) is 0 Å². The van der Waals surface area contributed by atoms with Crippen molar-refractivity contribution in [3.8, 4) is 11.5 Å². The summed E-state index contributed by atoms with van der Waals surface area (Å²) in [6.45, 7) is 4.67. The van der Waals surface area contributed by atoms with Crippen molar-refractivity contribution >= 4 is 11.6 Å². The number of benzene rings is 1. The van der Waals surface area contributed by atoms with E-state index >= 15 is 0 Å². The highest BCUT2D eigenvalue weighted by Gasteiger charge is 2.17. The highest BCUT2D eigenvalue weighted by atomic mass is 16.5. The molecule has 0 aliphatic carbocycles. The van der Waals surface area contributed by atoms with Gasteiger partial charge in [0, 0.05) is 24.5 Å². The van der Waals surface area contributed by atoms with Crippen LogP contribution in [0.3, 0.4) is 0 Å². The van der Waals surface area contributed by atoms with E-state index in [2.05, 4.69) is 5.32 Å². The van der Waals surface area contributed by atoms with Gasteiger partial charge in [-0.2, -0.15) is 0 Å². The molecule has 6 heteroatoms. The van der Waals surface area contributed by atoms with E-state index in [1.165, 1.54) is 20.1 Å². The topological polar surface area (TPSA) is 99.0 Å². The molecule has 0 saturated carbocycles. The summed E-state index contributed by atoms with van der Waals surface area (Å²) in [4.78, 5) is 11.4. The van der Waals surface area contributed by atoms with Gasteiger partial charge in [-0.05, 0) is 25.5 Å². The minimum atomic E-state index is -0.666. The van der Waals surface area contributed by atoms with E-state index < -0.39 is 12.0 Å². The number of aromatic hydroxyl groups is 1. The lowest BCUT2D eigenvalue weighted by molar-refractivity contribution is -0.114. The number of carbonyl (C=O) groups is 1. The minimum absolute atomic E-state index is 0.0230. The normalized spacial score (nSPS) is 14.6. The number of ether oxygens (including phenoxy) is 1. The molecule has 0 aliphatic heterocycles. The second-order valence-electron chi connectivity index (χ2n) is 5.84. The number of anilines is 1.